The molecule has 0 spiro atoms. The number of hydrogen-bond acceptors (Lipinski definition) is 5. The van der Waals surface area contributed by atoms with Crippen molar-refractivity contribution in [3.63, 3.8) is 0 Å². The van der Waals surface area contributed by atoms with Gasteiger partial charge in [-0.2, -0.15) is 22.8 Å². The minimum Gasteiger partial charge on any atom is -0.496 e. The molecule has 0 aliphatic heterocycles. The number of carbonyl (C=O) groups excluding carboxylic acids is 2. The van der Waals surface area contributed by atoms with Crippen LogP contribution in [0.15, 0.2) is 47.4 Å². The number of methoxy groups -OCH3 is 1. The molecule has 4 nitrogen and oxygen atoms in total. The largest absolute Gasteiger partial charge is 0.496 e. The molecule has 158 valence electrons. The maximum Gasteiger partial charge on any atom is 0.416 e. The molecular weight excluding hydrogens is 405 g/mol. The van der Waals surface area contributed by atoms with E-state index in [0.717, 1.165) is 40.5 Å². The molecule has 0 amide bonds. The third-order valence-corrected chi connectivity index (χ3v) is 5.32. The molecular formula is C21H23F3O4S. The lowest BCUT2D eigenvalue weighted by molar-refractivity contribution is -0.191. The van der Waals surface area contributed by atoms with Crippen LogP contribution in [0.1, 0.15) is 24.5 Å². The van der Waals surface area contributed by atoms with E-state index < -0.39 is 11.7 Å². The molecule has 0 fully saturated rings. The van der Waals surface area contributed by atoms with Gasteiger partial charge in [0.15, 0.2) is 0 Å². The van der Waals surface area contributed by atoms with Crippen LogP contribution in [0.4, 0.5) is 13.2 Å². The first kappa shape index (κ1) is 24.6. The van der Waals surface area contributed by atoms with Crippen LogP contribution in [0, 0.1) is 12.8 Å². The number of ether oxygens (including phenoxy) is 2. The fourth-order valence-corrected chi connectivity index (χ4v) is 3.58. The molecule has 0 bridgehead atoms. The number of thioether (sulfide) groups is 1. The number of aryl methyl sites for hydroxylation is 1. The lowest BCUT2D eigenvalue weighted by atomic mass is 10.1. The summed E-state index contributed by atoms with van der Waals surface area (Å²) < 4.78 is 48.7. The standard InChI is InChI=1S/C20H23F3O2S.CO2/c1-4-15(13-26-18-9-10-19(24-3)14(2)11-18)12-25-17-7-5-16(6-8-17)20(21,22)23;2-1-3/h5-11,15H,4,12-13H2,1-3H3;. The highest BCUT2D eigenvalue weighted by molar-refractivity contribution is 7.99. The van der Waals surface area contributed by atoms with Crippen LogP contribution in [-0.2, 0) is 15.8 Å². The van der Waals surface area contributed by atoms with Gasteiger partial charge in [0.25, 0.3) is 0 Å². The Morgan fingerprint density at radius 2 is 1.72 bits per heavy atom. The van der Waals surface area contributed by atoms with Crippen LogP contribution in [0.2, 0.25) is 0 Å². The predicted molar refractivity (Wildman–Crippen MR) is 104 cm³/mol. The highest BCUT2D eigenvalue weighted by Gasteiger charge is 2.30. The molecule has 0 aliphatic rings. The summed E-state index contributed by atoms with van der Waals surface area (Å²) in [6, 6.07) is 10.9. The molecule has 0 aliphatic carbocycles. The summed E-state index contributed by atoms with van der Waals surface area (Å²) in [5, 5.41) is 0. The molecule has 2 aromatic rings. The Morgan fingerprint density at radius 1 is 1.10 bits per heavy atom. The van der Waals surface area contributed by atoms with E-state index in [1.54, 1.807) is 18.9 Å². The minimum absolute atomic E-state index is 0.250. The lowest BCUT2D eigenvalue weighted by Gasteiger charge is -2.16. The molecule has 8 heteroatoms. The number of hydrogen-bond donors (Lipinski definition) is 0. The first-order valence-electron chi connectivity index (χ1n) is 8.81. The van der Waals surface area contributed by atoms with Gasteiger partial charge in [0.05, 0.1) is 19.3 Å². The van der Waals surface area contributed by atoms with Crippen molar-refractivity contribution in [1.29, 1.82) is 0 Å². The average molecular weight is 428 g/mol. The Balaban J connectivity index is 0.00000132. The van der Waals surface area contributed by atoms with Crippen LogP contribution in [-0.4, -0.2) is 25.6 Å². The minimum atomic E-state index is -4.32. The maximum atomic E-state index is 12.6. The molecule has 0 saturated heterocycles. The summed E-state index contributed by atoms with van der Waals surface area (Å²) in [4.78, 5) is 17.4. The van der Waals surface area contributed by atoms with Gasteiger partial charge in [-0.1, -0.05) is 6.92 Å². The monoisotopic (exact) mass is 428 g/mol. The predicted octanol–water partition coefficient (Wildman–Crippen LogP) is 5.64. The van der Waals surface area contributed by atoms with Gasteiger partial charge in [-0.3, -0.25) is 0 Å². The first-order valence-corrected chi connectivity index (χ1v) is 9.80. The van der Waals surface area contributed by atoms with Crippen LogP contribution in [0.5, 0.6) is 11.5 Å². The van der Waals surface area contributed by atoms with Gasteiger partial charge >= 0.3 is 12.3 Å². The highest BCUT2D eigenvalue weighted by Crippen LogP contribution is 2.31. The Labute approximate surface area is 172 Å². The summed E-state index contributed by atoms with van der Waals surface area (Å²) in [5.41, 5.74) is 0.425. The van der Waals surface area contributed by atoms with E-state index >= 15 is 0 Å². The number of benzene rings is 2. The van der Waals surface area contributed by atoms with Crippen molar-refractivity contribution >= 4 is 17.9 Å². The van der Waals surface area contributed by atoms with E-state index in [9.17, 15) is 13.2 Å². The summed E-state index contributed by atoms with van der Waals surface area (Å²) in [6.07, 6.45) is -3.14. The van der Waals surface area contributed by atoms with Crippen molar-refractivity contribution in [2.75, 3.05) is 19.5 Å². The Bertz CT molecular complexity index is 786. The molecule has 29 heavy (non-hydrogen) atoms. The molecule has 0 N–H and O–H groups in total. The van der Waals surface area contributed by atoms with Crippen LogP contribution in [0.3, 0.4) is 0 Å². The summed E-state index contributed by atoms with van der Waals surface area (Å²) in [5.74, 6) is 2.52. The Hall–Kier alpha value is -2.44. The van der Waals surface area contributed by atoms with Crippen LogP contribution in [0.25, 0.3) is 0 Å². The fraction of sp³-hybridized carbons (Fsp3) is 0.381. The topological polar surface area (TPSA) is 52.6 Å². The smallest absolute Gasteiger partial charge is 0.416 e. The van der Waals surface area contributed by atoms with Crippen molar-refractivity contribution in [2.24, 2.45) is 5.92 Å². The zero-order valence-corrected chi connectivity index (χ0v) is 17.2. The van der Waals surface area contributed by atoms with Gasteiger partial charge in [0, 0.05) is 16.6 Å². The molecule has 0 radical (unpaired) electrons. The quantitative estimate of drug-likeness (QED) is 0.510. The second-order valence-corrected chi connectivity index (χ2v) is 7.23. The number of alkyl halides is 3. The summed E-state index contributed by atoms with van der Waals surface area (Å²) in [6.45, 7) is 4.57. The fourth-order valence-electron chi connectivity index (χ4n) is 2.39. The van der Waals surface area contributed by atoms with E-state index in [1.807, 2.05) is 19.1 Å². The Morgan fingerprint density at radius 3 is 2.21 bits per heavy atom. The molecule has 0 saturated carbocycles. The van der Waals surface area contributed by atoms with Crippen molar-refractivity contribution in [3.8, 4) is 11.5 Å². The normalized spacial score (nSPS) is 11.7. The average Bonchev–Trinajstić information content (AvgIpc) is 2.68. The van der Waals surface area contributed by atoms with E-state index in [-0.39, 0.29) is 6.15 Å². The van der Waals surface area contributed by atoms with E-state index in [4.69, 9.17) is 19.1 Å². The zero-order valence-electron chi connectivity index (χ0n) is 16.4. The second-order valence-electron chi connectivity index (χ2n) is 6.13. The molecule has 1 atom stereocenters. The SMILES string of the molecule is CCC(COc1ccc(C(F)(F)F)cc1)CSc1ccc(OC)c(C)c1.O=C=O. The van der Waals surface area contributed by atoms with Crippen LogP contribution >= 0.6 is 11.8 Å². The van der Waals surface area contributed by atoms with Gasteiger partial charge in [-0.25, -0.2) is 0 Å². The third kappa shape index (κ3) is 8.62. The van der Waals surface area contributed by atoms with Gasteiger partial charge in [0.1, 0.15) is 11.5 Å². The van der Waals surface area contributed by atoms with E-state index in [2.05, 4.69) is 13.0 Å². The van der Waals surface area contributed by atoms with Crippen molar-refractivity contribution < 1.29 is 32.2 Å². The van der Waals surface area contributed by atoms with Crippen molar-refractivity contribution in [2.45, 2.75) is 31.3 Å². The van der Waals surface area contributed by atoms with Gasteiger partial charge in [-0.05, 0) is 61.4 Å². The first-order chi connectivity index (χ1) is 13.7. The molecule has 0 heterocycles. The summed E-state index contributed by atoms with van der Waals surface area (Å²) in [7, 11) is 1.65. The molecule has 2 rings (SSSR count). The molecule has 2 aromatic carbocycles. The van der Waals surface area contributed by atoms with E-state index in [1.165, 1.54) is 12.1 Å². The maximum absolute atomic E-state index is 12.6. The van der Waals surface area contributed by atoms with Gasteiger partial charge < -0.3 is 9.47 Å². The van der Waals surface area contributed by atoms with Crippen molar-refractivity contribution in [3.05, 3.63) is 53.6 Å². The number of halogens is 3. The highest BCUT2D eigenvalue weighted by atomic mass is 32.2. The Kier molecular flexibility index (Phi) is 10.3. The summed E-state index contributed by atoms with van der Waals surface area (Å²) >= 11 is 1.74. The lowest BCUT2D eigenvalue weighted by Crippen LogP contribution is -2.14. The van der Waals surface area contributed by atoms with Crippen molar-refractivity contribution in [1.82, 2.24) is 0 Å². The zero-order chi connectivity index (χ0) is 21.9. The molecule has 0 aromatic heterocycles. The third-order valence-electron chi connectivity index (χ3n) is 4.10. The second kappa shape index (κ2) is 12.2. The van der Waals surface area contributed by atoms with Gasteiger partial charge in [0.2, 0.25) is 0 Å². The number of rotatable bonds is 8. The van der Waals surface area contributed by atoms with Gasteiger partial charge in [-0.15, -0.1) is 11.8 Å². The molecule has 1 unspecified atom stereocenters. The van der Waals surface area contributed by atoms with E-state index in [0.29, 0.717) is 18.3 Å². The van der Waals surface area contributed by atoms with Crippen LogP contribution < -0.4 is 9.47 Å².